The van der Waals surface area contributed by atoms with E-state index in [-0.39, 0.29) is 29.8 Å². The van der Waals surface area contributed by atoms with Gasteiger partial charge in [0, 0.05) is 11.8 Å². The summed E-state index contributed by atoms with van der Waals surface area (Å²) in [6.07, 6.45) is 2.39. The predicted molar refractivity (Wildman–Crippen MR) is 73.4 cm³/mol. The second kappa shape index (κ2) is 5.51. The molecular formula is C13H22N2O2S. The fraction of sp³-hybridized carbons (Fsp3) is 0.846. The molecule has 0 aromatic heterocycles. The average molecular weight is 270 g/mol. The van der Waals surface area contributed by atoms with Crippen LogP contribution in [0.4, 0.5) is 0 Å². The molecule has 2 saturated heterocycles. The van der Waals surface area contributed by atoms with Crippen molar-refractivity contribution in [2.24, 2.45) is 5.92 Å². The van der Waals surface area contributed by atoms with Crippen LogP contribution in [0, 0.1) is 5.92 Å². The molecule has 1 N–H and O–H groups in total. The van der Waals surface area contributed by atoms with Crippen molar-refractivity contribution in [2.75, 3.05) is 12.3 Å². The van der Waals surface area contributed by atoms with Gasteiger partial charge in [0.1, 0.15) is 12.1 Å². The lowest BCUT2D eigenvalue weighted by Gasteiger charge is -2.41. The first-order valence-electron chi connectivity index (χ1n) is 6.73. The van der Waals surface area contributed by atoms with E-state index in [4.69, 9.17) is 0 Å². The lowest BCUT2D eigenvalue weighted by Crippen LogP contribution is -2.64. The molecule has 18 heavy (non-hydrogen) atoms. The summed E-state index contributed by atoms with van der Waals surface area (Å²) in [5.74, 6) is 1.41. The molecule has 0 aromatic carbocycles. The van der Waals surface area contributed by atoms with Gasteiger partial charge in [-0.2, -0.15) is 11.8 Å². The van der Waals surface area contributed by atoms with Crippen molar-refractivity contribution in [3.05, 3.63) is 0 Å². The van der Waals surface area contributed by atoms with Crippen molar-refractivity contribution in [3.63, 3.8) is 0 Å². The Morgan fingerprint density at radius 1 is 1.44 bits per heavy atom. The van der Waals surface area contributed by atoms with Gasteiger partial charge < -0.3 is 10.2 Å². The summed E-state index contributed by atoms with van der Waals surface area (Å²) in [6, 6.07) is -0.672. The van der Waals surface area contributed by atoms with Gasteiger partial charge in [-0.3, -0.25) is 9.59 Å². The molecule has 2 fully saturated rings. The van der Waals surface area contributed by atoms with Crippen molar-refractivity contribution in [1.29, 1.82) is 0 Å². The van der Waals surface area contributed by atoms with Crippen LogP contribution < -0.4 is 5.32 Å². The number of hydrogen-bond acceptors (Lipinski definition) is 3. The zero-order valence-corrected chi connectivity index (χ0v) is 12.1. The molecule has 2 aliphatic heterocycles. The molecule has 2 heterocycles. The van der Waals surface area contributed by atoms with E-state index in [1.807, 2.05) is 30.5 Å². The lowest BCUT2D eigenvalue weighted by atomic mass is 9.97. The third kappa shape index (κ3) is 2.66. The van der Waals surface area contributed by atoms with Crippen molar-refractivity contribution in [1.82, 2.24) is 10.2 Å². The van der Waals surface area contributed by atoms with Crippen molar-refractivity contribution in [2.45, 2.75) is 50.9 Å². The molecule has 3 unspecified atom stereocenters. The monoisotopic (exact) mass is 270 g/mol. The van der Waals surface area contributed by atoms with Crippen LogP contribution in [-0.2, 0) is 9.59 Å². The molecule has 5 heteroatoms. The molecule has 4 nitrogen and oxygen atoms in total. The number of rotatable bonds is 3. The summed E-state index contributed by atoms with van der Waals surface area (Å²) in [7, 11) is 0. The second-order valence-corrected chi connectivity index (χ2v) is 6.95. The number of carbonyl (C=O) groups is 2. The van der Waals surface area contributed by atoms with Crippen LogP contribution in [0.25, 0.3) is 0 Å². The Balaban J connectivity index is 2.13. The Hall–Kier alpha value is -0.710. The molecule has 0 saturated carbocycles. The average Bonchev–Trinajstić information content (AvgIpc) is 2.77. The number of hydrogen-bond donors (Lipinski definition) is 1. The topological polar surface area (TPSA) is 49.4 Å². The maximum atomic E-state index is 12.3. The maximum absolute atomic E-state index is 12.3. The zero-order chi connectivity index (χ0) is 13.3. The summed E-state index contributed by atoms with van der Waals surface area (Å²) in [4.78, 5) is 26.2. The van der Waals surface area contributed by atoms with Gasteiger partial charge >= 0.3 is 0 Å². The molecule has 2 aliphatic rings. The number of piperazine rings is 1. The van der Waals surface area contributed by atoms with E-state index < -0.39 is 0 Å². The molecule has 0 spiro atoms. The number of thioether (sulfide) groups is 1. The Morgan fingerprint density at radius 3 is 2.72 bits per heavy atom. The molecule has 3 atom stereocenters. The Kier molecular flexibility index (Phi) is 4.20. The molecule has 102 valence electrons. The first-order valence-corrected chi connectivity index (χ1v) is 7.78. The highest BCUT2D eigenvalue weighted by Gasteiger charge is 2.41. The minimum Gasteiger partial charge on any atom is -0.343 e. The van der Waals surface area contributed by atoms with Gasteiger partial charge in [-0.25, -0.2) is 0 Å². The predicted octanol–water partition coefficient (Wildman–Crippen LogP) is 1.25. The minimum atomic E-state index is -0.376. The first kappa shape index (κ1) is 13.7. The van der Waals surface area contributed by atoms with Crippen LogP contribution in [0.2, 0.25) is 0 Å². The Bertz CT molecular complexity index is 340. The van der Waals surface area contributed by atoms with Gasteiger partial charge in [0.25, 0.3) is 0 Å². The van der Waals surface area contributed by atoms with Crippen molar-refractivity contribution < 1.29 is 9.59 Å². The van der Waals surface area contributed by atoms with Crippen LogP contribution in [0.15, 0.2) is 0 Å². The first-order chi connectivity index (χ1) is 8.50. The van der Waals surface area contributed by atoms with Crippen LogP contribution in [0.5, 0.6) is 0 Å². The zero-order valence-electron chi connectivity index (χ0n) is 11.3. The normalized spacial score (nSPS) is 33.1. The van der Waals surface area contributed by atoms with E-state index >= 15 is 0 Å². The number of nitrogens with one attached hydrogen (secondary N) is 1. The minimum absolute atomic E-state index is 0.0000898. The second-order valence-electron chi connectivity index (χ2n) is 5.54. The quantitative estimate of drug-likeness (QED) is 0.840. The van der Waals surface area contributed by atoms with Gasteiger partial charge in [0.15, 0.2) is 0 Å². The van der Waals surface area contributed by atoms with E-state index in [1.165, 1.54) is 12.2 Å². The van der Waals surface area contributed by atoms with Gasteiger partial charge in [-0.05, 0) is 31.4 Å². The number of amides is 2. The largest absolute Gasteiger partial charge is 0.343 e. The van der Waals surface area contributed by atoms with E-state index in [0.717, 1.165) is 13.0 Å². The molecule has 2 rings (SSSR count). The standard InChI is InChI=1S/C13H22N2O2S/c1-8(2)11-12(16)14-9(3)13(17)15(11)7-10-5-4-6-18-10/h8-11H,4-7H2,1-3H3,(H,14,16). The Morgan fingerprint density at radius 2 is 2.17 bits per heavy atom. The number of carbonyl (C=O) groups excluding carboxylic acids is 2. The molecule has 0 aromatic rings. The van der Waals surface area contributed by atoms with E-state index in [0.29, 0.717) is 5.25 Å². The van der Waals surface area contributed by atoms with Crippen LogP contribution in [0.3, 0.4) is 0 Å². The molecule has 0 radical (unpaired) electrons. The smallest absolute Gasteiger partial charge is 0.245 e. The molecule has 2 amide bonds. The van der Waals surface area contributed by atoms with E-state index in [1.54, 1.807) is 6.92 Å². The van der Waals surface area contributed by atoms with E-state index in [9.17, 15) is 9.59 Å². The highest BCUT2D eigenvalue weighted by molar-refractivity contribution is 8.00. The lowest BCUT2D eigenvalue weighted by molar-refractivity contribution is -0.150. The summed E-state index contributed by atoms with van der Waals surface area (Å²) in [5, 5.41) is 3.29. The fourth-order valence-corrected chi connectivity index (χ4v) is 4.03. The third-order valence-corrected chi connectivity index (χ3v) is 5.05. The number of nitrogens with zero attached hydrogens (tertiary/aromatic N) is 1. The highest BCUT2D eigenvalue weighted by Crippen LogP contribution is 2.29. The SMILES string of the molecule is CC1NC(=O)C(C(C)C)N(CC2CCCS2)C1=O. The highest BCUT2D eigenvalue weighted by atomic mass is 32.2. The fourth-order valence-electron chi connectivity index (χ4n) is 2.76. The summed E-state index contributed by atoms with van der Waals surface area (Å²) in [6.45, 7) is 6.50. The Labute approximate surface area is 113 Å². The van der Waals surface area contributed by atoms with Crippen LogP contribution in [0.1, 0.15) is 33.6 Å². The van der Waals surface area contributed by atoms with Gasteiger partial charge in [-0.1, -0.05) is 13.8 Å². The molecular weight excluding hydrogens is 248 g/mol. The molecule has 0 bridgehead atoms. The van der Waals surface area contributed by atoms with Gasteiger partial charge in [-0.15, -0.1) is 0 Å². The van der Waals surface area contributed by atoms with Crippen molar-refractivity contribution >= 4 is 23.6 Å². The van der Waals surface area contributed by atoms with Crippen LogP contribution in [-0.4, -0.2) is 46.3 Å². The maximum Gasteiger partial charge on any atom is 0.245 e. The van der Waals surface area contributed by atoms with Gasteiger partial charge in [0.05, 0.1) is 0 Å². The van der Waals surface area contributed by atoms with Crippen molar-refractivity contribution in [3.8, 4) is 0 Å². The van der Waals surface area contributed by atoms with Gasteiger partial charge in [0.2, 0.25) is 11.8 Å². The molecule has 0 aliphatic carbocycles. The summed E-state index contributed by atoms with van der Waals surface area (Å²) < 4.78 is 0. The van der Waals surface area contributed by atoms with E-state index in [2.05, 4.69) is 5.32 Å². The third-order valence-electron chi connectivity index (χ3n) is 3.67. The summed E-state index contributed by atoms with van der Waals surface area (Å²) in [5.41, 5.74) is 0. The van der Waals surface area contributed by atoms with Crippen LogP contribution >= 0.6 is 11.8 Å². The summed E-state index contributed by atoms with van der Waals surface area (Å²) >= 11 is 1.93.